The fraction of sp³-hybridized carbons (Fsp3) is 0.170. The summed E-state index contributed by atoms with van der Waals surface area (Å²) in [5.74, 6) is -8.98. The first-order valence-corrected chi connectivity index (χ1v) is 21.5. The van der Waals surface area contributed by atoms with E-state index in [4.69, 9.17) is 30.4 Å². The lowest BCUT2D eigenvalue weighted by atomic mass is 9.65. The summed E-state index contributed by atoms with van der Waals surface area (Å²) in [6.45, 7) is 0. The summed E-state index contributed by atoms with van der Waals surface area (Å²) in [7, 11) is 2.19. The number of alkyl halides is 6. The van der Waals surface area contributed by atoms with Crippen LogP contribution < -0.4 is 39.9 Å². The summed E-state index contributed by atoms with van der Waals surface area (Å²) in [5.41, 5.74) is 12.2. The van der Waals surface area contributed by atoms with E-state index in [1.165, 1.54) is 66.8 Å². The van der Waals surface area contributed by atoms with Crippen molar-refractivity contribution in [3.05, 3.63) is 179 Å². The molecule has 0 saturated heterocycles. The van der Waals surface area contributed by atoms with Gasteiger partial charge in [0.1, 0.15) is 11.5 Å². The maximum Gasteiger partial charge on any atom is 0.573 e. The third-order valence-electron chi connectivity index (χ3n) is 11.0. The van der Waals surface area contributed by atoms with E-state index >= 15 is 0 Å². The zero-order valence-electron chi connectivity index (χ0n) is 38.5. The summed E-state index contributed by atoms with van der Waals surface area (Å²) in [6, 6.07) is 30.0. The van der Waals surface area contributed by atoms with Crippen molar-refractivity contribution in [1.29, 1.82) is 0 Å². The molecule has 6 N–H and O–H groups in total. The van der Waals surface area contributed by atoms with E-state index in [-0.39, 0.29) is 47.0 Å². The summed E-state index contributed by atoms with van der Waals surface area (Å²) >= 11 is 0. The van der Waals surface area contributed by atoms with Crippen LogP contribution in [-0.2, 0) is 22.4 Å². The first kappa shape index (κ1) is 53.7. The third kappa shape index (κ3) is 14.7. The van der Waals surface area contributed by atoms with Gasteiger partial charge >= 0.3 is 24.7 Å². The number of hydrogen-bond donors (Lipinski definition) is 4. The van der Waals surface area contributed by atoms with Gasteiger partial charge in [0.2, 0.25) is 11.6 Å². The van der Waals surface area contributed by atoms with Gasteiger partial charge in [-0.25, -0.2) is 9.59 Å². The minimum atomic E-state index is -5.01. The van der Waals surface area contributed by atoms with Gasteiger partial charge in [0.05, 0.1) is 25.3 Å². The van der Waals surface area contributed by atoms with Crippen LogP contribution in [0, 0.1) is 5.41 Å². The minimum absolute atomic E-state index is 0.00530. The molecule has 0 amide bonds. The molecule has 0 fully saturated rings. The standard InChI is InChI=1S/C53H44F6N2O12/c1-68-45-27-36(13-24-43(45)72-52(54,55)56)48(64)70-41-20-8-32(9-21-41)7-19-40(62)31-50(29-34-3-15-38(60)16-4-34,30-35-5-17-39(61)18-6-35)51(66,67)47(63)26-12-33-10-22-42(23-11-33)71-49(65)37-14-25-44(46(28-37)69-2)73-53(57,58)59/h3-28,66-67H,29-31,60-61H2,1-2H3/b19-7+,26-12+. The smallest absolute Gasteiger partial charge is 0.493 e. The maximum atomic E-state index is 14.2. The number of rotatable bonds is 20. The van der Waals surface area contributed by atoms with Crippen LogP contribution in [0.5, 0.6) is 34.5 Å². The largest absolute Gasteiger partial charge is 0.573 e. The molecular formula is C53H44F6N2O12. The van der Waals surface area contributed by atoms with Gasteiger partial charge in [-0.3, -0.25) is 9.59 Å². The Kier molecular flexibility index (Phi) is 16.7. The number of hydrogen-bond acceptors (Lipinski definition) is 14. The summed E-state index contributed by atoms with van der Waals surface area (Å²) < 4.78 is 105. The van der Waals surface area contributed by atoms with E-state index < -0.39 is 65.4 Å². The van der Waals surface area contributed by atoms with E-state index in [1.54, 1.807) is 48.5 Å². The molecule has 0 spiro atoms. The monoisotopic (exact) mass is 1010 g/mol. The highest BCUT2D eigenvalue weighted by Gasteiger charge is 2.54. The van der Waals surface area contributed by atoms with Crippen molar-refractivity contribution in [2.75, 3.05) is 25.7 Å². The molecule has 6 aromatic rings. The predicted molar refractivity (Wildman–Crippen MR) is 254 cm³/mol. The van der Waals surface area contributed by atoms with Crippen molar-refractivity contribution >= 4 is 47.0 Å². The van der Waals surface area contributed by atoms with Crippen molar-refractivity contribution < 1.29 is 84.2 Å². The highest BCUT2D eigenvalue weighted by molar-refractivity contribution is 6.01. The van der Waals surface area contributed by atoms with Crippen molar-refractivity contribution in [3.63, 3.8) is 0 Å². The van der Waals surface area contributed by atoms with Gasteiger partial charge < -0.3 is 50.1 Å². The normalized spacial score (nSPS) is 12.1. The molecule has 0 aliphatic heterocycles. The van der Waals surface area contributed by atoms with Crippen LogP contribution in [0.25, 0.3) is 12.2 Å². The number of carbonyl (C=O) groups excluding carboxylic acids is 4. The van der Waals surface area contributed by atoms with Crippen molar-refractivity contribution in [1.82, 2.24) is 0 Å². The molecule has 20 heteroatoms. The number of carbonyl (C=O) groups is 4. The molecular weight excluding hydrogens is 971 g/mol. The van der Waals surface area contributed by atoms with Gasteiger partial charge in [-0.1, -0.05) is 60.7 Å². The Balaban J connectivity index is 1.22. The fourth-order valence-electron chi connectivity index (χ4n) is 7.37. The first-order chi connectivity index (χ1) is 34.4. The number of esters is 2. The molecule has 0 aromatic heterocycles. The van der Waals surface area contributed by atoms with E-state index in [2.05, 4.69) is 9.47 Å². The van der Waals surface area contributed by atoms with Crippen LogP contribution in [-0.4, -0.2) is 66.4 Å². The van der Waals surface area contributed by atoms with Crippen molar-refractivity contribution in [2.24, 2.45) is 5.41 Å². The van der Waals surface area contributed by atoms with E-state index in [0.717, 1.165) is 56.7 Å². The highest BCUT2D eigenvalue weighted by Crippen LogP contribution is 2.43. The number of allylic oxidation sites excluding steroid dienone is 1. The molecule has 0 aliphatic rings. The fourth-order valence-corrected chi connectivity index (χ4v) is 7.37. The van der Waals surface area contributed by atoms with E-state index in [0.29, 0.717) is 33.6 Å². The van der Waals surface area contributed by atoms with Crippen LogP contribution in [0.2, 0.25) is 0 Å². The van der Waals surface area contributed by atoms with Gasteiger partial charge in [-0.2, -0.15) is 0 Å². The Hall–Kier alpha value is -8.62. The average Bonchev–Trinajstić information content (AvgIpc) is 3.34. The maximum absolute atomic E-state index is 14.2. The van der Waals surface area contributed by atoms with E-state index in [9.17, 15) is 55.7 Å². The Bertz CT molecular complexity index is 2940. The number of anilines is 2. The highest BCUT2D eigenvalue weighted by atomic mass is 19.4. The number of methoxy groups -OCH3 is 2. The number of ketones is 2. The van der Waals surface area contributed by atoms with Crippen LogP contribution in [0.4, 0.5) is 37.7 Å². The molecule has 380 valence electrons. The third-order valence-corrected chi connectivity index (χ3v) is 11.0. The number of ether oxygens (including phenoxy) is 6. The van der Waals surface area contributed by atoms with Crippen LogP contribution >= 0.6 is 0 Å². The molecule has 0 radical (unpaired) electrons. The molecule has 14 nitrogen and oxygen atoms in total. The van der Waals surface area contributed by atoms with Gasteiger partial charge in [0.25, 0.3) is 0 Å². The van der Waals surface area contributed by atoms with Crippen LogP contribution in [0.15, 0.2) is 146 Å². The topological polar surface area (TPSA) is 216 Å². The zero-order chi connectivity index (χ0) is 53.1. The second-order valence-electron chi connectivity index (χ2n) is 16.2. The summed E-state index contributed by atoms with van der Waals surface area (Å²) in [6.07, 6.45) is -6.32. The Morgan fingerprint density at radius 2 is 0.904 bits per heavy atom. The summed E-state index contributed by atoms with van der Waals surface area (Å²) in [5, 5.41) is 24.3. The first-order valence-electron chi connectivity index (χ1n) is 21.5. The molecule has 6 rings (SSSR count). The predicted octanol–water partition coefficient (Wildman–Crippen LogP) is 9.51. The molecule has 6 aromatic carbocycles. The van der Waals surface area contributed by atoms with Crippen LogP contribution in [0.3, 0.4) is 0 Å². The van der Waals surface area contributed by atoms with E-state index in [1.807, 2.05) is 0 Å². The summed E-state index contributed by atoms with van der Waals surface area (Å²) in [4.78, 5) is 54.0. The Morgan fingerprint density at radius 1 is 0.521 bits per heavy atom. The number of benzene rings is 6. The molecule has 0 saturated carbocycles. The van der Waals surface area contributed by atoms with Gasteiger partial charge in [-0.05, 0) is 132 Å². The molecule has 0 aliphatic carbocycles. The quantitative estimate of drug-likeness (QED) is 0.0140. The van der Waals surface area contributed by atoms with Gasteiger partial charge in [-0.15, -0.1) is 26.3 Å². The SMILES string of the molecule is COc1cc(C(=O)Oc2ccc(/C=C/C(=O)CC(Cc3ccc(N)cc3)(Cc3ccc(N)cc3)C(O)(O)C(=O)/C=C/c3ccc(OC(=O)c4ccc(OC(F)(F)F)c(OC)c4)cc3)cc2)ccc1OC(F)(F)F. The molecule has 0 unspecified atom stereocenters. The lowest BCUT2D eigenvalue weighted by molar-refractivity contribution is -0.276. The molecule has 0 heterocycles. The number of halogens is 6. The number of nitrogen functional groups attached to an aromatic ring is 2. The molecule has 0 bridgehead atoms. The lowest BCUT2D eigenvalue weighted by Crippen LogP contribution is -2.57. The van der Waals surface area contributed by atoms with Gasteiger partial charge in [0.15, 0.2) is 28.8 Å². The van der Waals surface area contributed by atoms with Crippen molar-refractivity contribution in [2.45, 2.75) is 37.8 Å². The molecule has 73 heavy (non-hydrogen) atoms. The average molecular weight is 1010 g/mol. The number of nitrogens with two attached hydrogens (primary N) is 2. The Morgan fingerprint density at radius 3 is 1.27 bits per heavy atom. The zero-order valence-corrected chi connectivity index (χ0v) is 38.5. The van der Waals surface area contributed by atoms with Gasteiger partial charge in [0, 0.05) is 23.2 Å². The van der Waals surface area contributed by atoms with Crippen LogP contribution in [0.1, 0.15) is 49.4 Å². The second kappa shape index (κ2) is 22.6. The minimum Gasteiger partial charge on any atom is -0.493 e. The Labute approximate surface area is 412 Å². The second-order valence-corrected chi connectivity index (χ2v) is 16.2. The van der Waals surface area contributed by atoms with Crippen molar-refractivity contribution in [3.8, 4) is 34.5 Å². The molecule has 0 atom stereocenters. The number of aliphatic hydroxyl groups is 2. The lowest BCUT2D eigenvalue weighted by Gasteiger charge is -2.42.